The van der Waals surface area contributed by atoms with E-state index in [1.165, 1.54) is 38.6 Å². The third kappa shape index (κ3) is 3.93. The van der Waals surface area contributed by atoms with Gasteiger partial charge in [0.2, 0.25) is 0 Å². The molecule has 0 spiro atoms. The molecule has 2 fully saturated rings. The van der Waals surface area contributed by atoms with Crippen LogP contribution < -0.4 is 5.32 Å². The first kappa shape index (κ1) is 15.3. The Morgan fingerprint density at radius 2 is 2.11 bits per heavy atom. The Morgan fingerprint density at radius 1 is 1.32 bits per heavy atom. The Kier molecular flexibility index (Phi) is 5.27. The maximum Gasteiger partial charge on any atom is 0.0706 e. The van der Waals surface area contributed by atoms with Gasteiger partial charge in [-0.25, -0.2) is 0 Å². The van der Waals surface area contributed by atoms with Crippen molar-refractivity contribution in [1.82, 2.24) is 10.2 Å². The van der Waals surface area contributed by atoms with Crippen molar-refractivity contribution in [3.8, 4) is 0 Å². The molecule has 0 aromatic carbocycles. The molecule has 0 bridgehead atoms. The van der Waals surface area contributed by atoms with Gasteiger partial charge in [0.1, 0.15) is 0 Å². The van der Waals surface area contributed by atoms with Gasteiger partial charge in [-0.2, -0.15) is 0 Å². The zero-order valence-electron chi connectivity index (χ0n) is 13.2. The Balaban J connectivity index is 1.95. The van der Waals surface area contributed by atoms with E-state index in [0.29, 0.717) is 18.2 Å². The molecular weight excluding hydrogens is 236 g/mol. The predicted molar refractivity (Wildman–Crippen MR) is 80.5 cm³/mol. The summed E-state index contributed by atoms with van der Waals surface area (Å²) in [5, 5.41) is 3.76. The van der Waals surface area contributed by atoms with E-state index in [0.717, 1.165) is 13.1 Å². The van der Waals surface area contributed by atoms with E-state index in [9.17, 15) is 0 Å². The van der Waals surface area contributed by atoms with Crippen LogP contribution in [0.1, 0.15) is 59.8 Å². The standard InChI is InChI=1S/C16H32N2O/c1-5-7-14-10-17-16(4,6-2)12-18(14)11-15-9-8-13(3)19-15/h13-15,17H,5-12H2,1-4H3. The van der Waals surface area contributed by atoms with E-state index < -0.39 is 0 Å². The van der Waals surface area contributed by atoms with E-state index >= 15 is 0 Å². The van der Waals surface area contributed by atoms with Gasteiger partial charge in [-0.1, -0.05) is 20.3 Å². The normalized spacial score (nSPS) is 40.7. The Bertz CT molecular complexity index is 284. The first-order chi connectivity index (χ1) is 9.06. The highest BCUT2D eigenvalue weighted by Gasteiger charge is 2.36. The second-order valence-corrected chi connectivity index (χ2v) is 6.81. The molecule has 112 valence electrons. The van der Waals surface area contributed by atoms with Crippen molar-refractivity contribution in [1.29, 1.82) is 0 Å². The van der Waals surface area contributed by atoms with Crippen LogP contribution >= 0.6 is 0 Å². The highest BCUT2D eigenvalue weighted by atomic mass is 16.5. The van der Waals surface area contributed by atoms with Gasteiger partial charge in [0.25, 0.3) is 0 Å². The second-order valence-electron chi connectivity index (χ2n) is 6.81. The van der Waals surface area contributed by atoms with Crippen LogP contribution in [0.25, 0.3) is 0 Å². The topological polar surface area (TPSA) is 24.5 Å². The summed E-state index contributed by atoms with van der Waals surface area (Å²) in [6, 6.07) is 0.698. The minimum Gasteiger partial charge on any atom is -0.374 e. The van der Waals surface area contributed by atoms with Crippen LogP contribution in [-0.4, -0.2) is 48.3 Å². The summed E-state index contributed by atoms with van der Waals surface area (Å²) < 4.78 is 6.03. The SMILES string of the molecule is CCCC1CNC(C)(CC)CN1CC1CCC(C)O1. The number of piperazine rings is 1. The highest BCUT2D eigenvalue weighted by molar-refractivity contribution is 4.95. The smallest absolute Gasteiger partial charge is 0.0706 e. The molecule has 19 heavy (non-hydrogen) atoms. The van der Waals surface area contributed by atoms with Crippen molar-refractivity contribution in [2.24, 2.45) is 0 Å². The molecular formula is C16H32N2O. The largest absolute Gasteiger partial charge is 0.374 e. The Labute approximate surface area is 119 Å². The van der Waals surface area contributed by atoms with Crippen LogP contribution in [0.3, 0.4) is 0 Å². The van der Waals surface area contributed by atoms with Crippen LogP contribution in [0.2, 0.25) is 0 Å². The summed E-state index contributed by atoms with van der Waals surface area (Å²) in [7, 11) is 0. The molecule has 4 atom stereocenters. The average molecular weight is 268 g/mol. The van der Waals surface area contributed by atoms with E-state index in [4.69, 9.17) is 4.74 Å². The van der Waals surface area contributed by atoms with Gasteiger partial charge in [0, 0.05) is 31.2 Å². The number of nitrogens with one attached hydrogen (secondary N) is 1. The molecule has 4 unspecified atom stereocenters. The first-order valence-electron chi connectivity index (χ1n) is 8.21. The summed E-state index contributed by atoms with van der Waals surface area (Å²) >= 11 is 0. The molecule has 0 aromatic rings. The fourth-order valence-corrected chi connectivity index (χ4v) is 3.48. The zero-order valence-corrected chi connectivity index (χ0v) is 13.2. The number of rotatable bonds is 5. The fraction of sp³-hybridized carbons (Fsp3) is 1.00. The maximum atomic E-state index is 6.03. The number of ether oxygens (including phenoxy) is 1. The van der Waals surface area contributed by atoms with E-state index in [2.05, 4.69) is 37.9 Å². The van der Waals surface area contributed by atoms with E-state index in [1.54, 1.807) is 0 Å². The van der Waals surface area contributed by atoms with Crippen LogP contribution in [0, 0.1) is 0 Å². The van der Waals surface area contributed by atoms with Gasteiger partial charge in [-0.3, -0.25) is 4.90 Å². The predicted octanol–water partition coefficient (Wildman–Crippen LogP) is 2.80. The molecule has 1 N–H and O–H groups in total. The summed E-state index contributed by atoms with van der Waals surface area (Å²) in [6.45, 7) is 12.6. The van der Waals surface area contributed by atoms with Gasteiger partial charge in [0.05, 0.1) is 12.2 Å². The summed E-state index contributed by atoms with van der Waals surface area (Å²) in [5.74, 6) is 0. The van der Waals surface area contributed by atoms with Crippen molar-refractivity contribution in [3.05, 3.63) is 0 Å². The minimum absolute atomic E-state index is 0.286. The molecule has 2 aliphatic heterocycles. The Morgan fingerprint density at radius 3 is 2.68 bits per heavy atom. The van der Waals surface area contributed by atoms with Crippen molar-refractivity contribution < 1.29 is 4.74 Å². The number of hydrogen-bond acceptors (Lipinski definition) is 3. The van der Waals surface area contributed by atoms with Gasteiger partial charge in [-0.15, -0.1) is 0 Å². The molecule has 2 heterocycles. The van der Waals surface area contributed by atoms with Crippen LogP contribution in [-0.2, 0) is 4.74 Å². The number of hydrogen-bond donors (Lipinski definition) is 1. The molecule has 0 saturated carbocycles. The summed E-state index contributed by atoms with van der Waals surface area (Å²) in [6.07, 6.45) is 7.18. The van der Waals surface area contributed by atoms with Crippen molar-refractivity contribution >= 4 is 0 Å². The summed E-state index contributed by atoms with van der Waals surface area (Å²) in [4.78, 5) is 2.70. The average Bonchev–Trinajstić information content (AvgIpc) is 2.79. The fourth-order valence-electron chi connectivity index (χ4n) is 3.48. The van der Waals surface area contributed by atoms with Crippen LogP contribution in [0.4, 0.5) is 0 Å². The highest BCUT2D eigenvalue weighted by Crippen LogP contribution is 2.25. The Hall–Kier alpha value is -0.120. The van der Waals surface area contributed by atoms with E-state index in [1.807, 2.05) is 0 Å². The van der Waals surface area contributed by atoms with Crippen molar-refractivity contribution in [3.63, 3.8) is 0 Å². The van der Waals surface area contributed by atoms with Gasteiger partial charge in [-0.05, 0) is 39.5 Å². The molecule has 0 aliphatic carbocycles. The monoisotopic (exact) mass is 268 g/mol. The van der Waals surface area contributed by atoms with Gasteiger partial charge < -0.3 is 10.1 Å². The molecule has 0 radical (unpaired) electrons. The lowest BCUT2D eigenvalue weighted by Gasteiger charge is -2.46. The molecule has 0 amide bonds. The molecule has 2 aliphatic rings. The van der Waals surface area contributed by atoms with Gasteiger partial charge >= 0.3 is 0 Å². The maximum absolute atomic E-state index is 6.03. The lowest BCUT2D eigenvalue weighted by molar-refractivity contribution is -0.00177. The minimum atomic E-state index is 0.286. The zero-order chi connectivity index (χ0) is 13.9. The number of nitrogens with zero attached hydrogens (tertiary/aromatic N) is 1. The second kappa shape index (κ2) is 6.55. The van der Waals surface area contributed by atoms with E-state index in [-0.39, 0.29) is 5.54 Å². The summed E-state index contributed by atoms with van der Waals surface area (Å²) in [5.41, 5.74) is 0.286. The molecule has 3 nitrogen and oxygen atoms in total. The van der Waals surface area contributed by atoms with Crippen LogP contribution in [0.15, 0.2) is 0 Å². The van der Waals surface area contributed by atoms with Crippen molar-refractivity contribution in [2.75, 3.05) is 19.6 Å². The third-order valence-electron chi connectivity index (χ3n) is 4.99. The molecule has 2 rings (SSSR count). The quantitative estimate of drug-likeness (QED) is 0.830. The van der Waals surface area contributed by atoms with Gasteiger partial charge in [0.15, 0.2) is 0 Å². The lowest BCUT2D eigenvalue weighted by atomic mass is 9.92. The molecule has 3 heteroatoms. The first-order valence-corrected chi connectivity index (χ1v) is 8.21. The van der Waals surface area contributed by atoms with Crippen molar-refractivity contribution in [2.45, 2.75) is 83.6 Å². The molecule has 0 aromatic heterocycles. The van der Waals surface area contributed by atoms with Crippen LogP contribution in [0.5, 0.6) is 0 Å². The molecule has 2 saturated heterocycles. The third-order valence-corrected chi connectivity index (χ3v) is 4.99. The lowest BCUT2D eigenvalue weighted by Crippen LogP contribution is -2.63.